The molecule has 6 nitrogen and oxygen atoms in total. The molecule has 0 aliphatic heterocycles. The largest absolute Gasteiger partial charge is 0.472 e. The van der Waals surface area contributed by atoms with Gasteiger partial charge in [-0.1, -0.05) is 90.4 Å². The Balaban J connectivity index is 3.65. The second-order valence-electron chi connectivity index (χ2n) is 10.4. The van der Waals surface area contributed by atoms with Gasteiger partial charge in [-0.15, -0.1) is 0 Å². The van der Waals surface area contributed by atoms with Crippen LogP contribution in [0.15, 0.2) is 0 Å². The zero-order chi connectivity index (χ0) is 25.5. The van der Waals surface area contributed by atoms with Crippen molar-refractivity contribution in [2.45, 2.75) is 110 Å². The highest BCUT2D eigenvalue weighted by Gasteiger charge is 2.24. The van der Waals surface area contributed by atoms with Gasteiger partial charge in [-0.3, -0.25) is 9.05 Å². The lowest BCUT2D eigenvalue weighted by Crippen LogP contribution is -2.37. The summed E-state index contributed by atoms with van der Waals surface area (Å²) in [5.74, 6) is 1.86. The standard InChI is InChI=1S/C26H56NO5PS/c1-6-8-9-10-11-12-13-14-15-16-17-18-19-20-23-34-25-26(30-7-2)24-32-33(28,29)31-22-21-27(3,4)5/h26H,6-25H2,1-5H3/p+1. The van der Waals surface area contributed by atoms with Crippen LogP contribution in [0.2, 0.25) is 0 Å². The van der Waals surface area contributed by atoms with Crippen molar-refractivity contribution in [3.63, 3.8) is 0 Å². The molecule has 0 aromatic carbocycles. The molecule has 0 aromatic rings. The first kappa shape index (κ1) is 34.4. The average Bonchev–Trinajstić information content (AvgIpc) is 2.76. The number of hydrogen-bond acceptors (Lipinski definition) is 5. The van der Waals surface area contributed by atoms with Crippen LogP contribution in [-0.2, 0) is 18.3 Å². The van der Waals surface area contributed by atoms with Crippen LogP contribution in [0.25, 0.3) is 0 Å². The molecule has 0 saturated carbocycles. The fourth-order valence-electron chi connectivity index (χ4n) is 3.64. The first-order valence-electron chi connectivity index (χ1n) is 13.8. The van der Waals surface area contributed by atoms with Crippen LogP contribution in [0.5, 0.6) is 0 Å². The number of rotatable bonds is 26. The minimum Gasteiger partial charge on any atom is -0.375 e. The molecule has 0 aliphatic carbocycles. The van der Waals surface area contributed by atoms with E-state index in [1.54, 1.807) is 0 Å². The highest BCUT2D eigenvalue weighted by atomic mass is 32.2. The molecule has 0 bridgehead atoms. The lowest BCUT2D eigenvalue weighted by atomic mass is 10.0. The third-order valence-corrected chi connectivity index (χ3v) is 7.96. The molecule has 206 valence electrons. The molecule has 0 fully saturated rings. The zero-order valence-electron chi connectivity index (χ0n) is 23.1. The van der Waals surface area contributed by atoms with Crippen LogP contribution in [0.3, 0.4) is 0 Å². The molecule has 0 aromatic heterocycles. The predicted octanol–water partition coefficient (Wildman–Crippen LogP) is 7.45. The Morgan fingerprint density at radius 2 is 1.29 bits per heavy atom. The highest BCUT2D eigenvalue weighted by Crippen LogP contribution is 2.43. The molecule has 0 saturated heterocycles. The van der Waals surface area contributed by atoms with E-state index >= 15 is 0 Å². The first-order chi connectivity index (χ1) is 16.2. The number of phosphoric ester groups is 1. The van der Waals surface area contributed by atoms with Crippen LogP contribution in [-0.4, -0.2) is 74.5 Å². The number of ether oxygens (including phenoxy) is 1. The molecule has 0 amide bonds. The maximum Gasteiger partial charge on any atom is 0.472 e. The van der Waals surface area contributed by atoms with Crippen LogP contribution in [0.4, 0.5) is 0 Å². The minimum atomic E-state index is -4.03. The Morgan fingerprint density at radius 3 is 1.76 bits per heavy atom. The fraction of sp³-hybridized carbons (Fsp3) is 1.00. The summed E-state index contributed by atoms with van der Waals surface area (Å²) >= 11 is 1.84. The van der Waals surface area contributed by atoms with E-state index in [0.29, 0.717) is 17.6 Å². The molecule has 0 spiro atoms. The number of unbranched alkanes of at least 4 members (excludes halogenated alkanes) is 13. The average molecular weight is 527 g/mol. The van der Waals surface area contributed by atoms with Crippen molar-refractivity contribution >= 4 is 19.6 Å². The lowest BCUT2D eigenvalue weighted by Gasteiger charge is -2.24. The molecule has 1 N–H and O–H groups in total. The van der Waals surface area contributed by atoms with Gasteiger partial charge >= 0.3 is 7.82 Å². The molecule has 0 heterocycles. The Kier molecular flexibility index (Phi) is 22.8. The summed E-state index contributed by atoms with van der Waals surface area (Å²) in [6.45, 7) is 5.67. The summed E-state index contributed by atoms with van der Waals surface area (Å²) in [4.78, 5) is 9.88. The van der Waals surface area contributed by atoms with E-state index in [1.807, 2.05) is 39.8 Å². The van der Waals surface area contributed by atoms with Crippen LogP contribution in [0, 0.1) is 0 Å². The SMILES string of the molecule is CCCCCCCCCCCCCCCCSCC(COP(=O)(O)OCC[N+](C)(C)C)OCC. The van der Waals surface area contributed by atoms with Crippen molar-refractivity contribution in [1.29, 1.82) is 0 Å². The number of thioether (sulfide) groups is 1. The van der Waals surface area contributed by atoms with Crippen molar-refractivity contribution in [2.24, 2.45) is 0 Å². The number of hydrogen-bond donors (Lipinski definition) is 1. The van der Waals surface area contributed by atoms with Gasteiger partial charge in [-0.25, -0.2) is 4.57 Å². The third kappa shape index (κ3) is 25.5. The van der Waals surface area contributed by atoms with Gasteiger partial charge in [0.2, 0.25) is 0 Å². The van der Waals surface area contributed by atoms with E-state index in [9.17, 15) is 9.46 Å². The topological polar surface area (TPSA) is 65.0 Å². The Hall–Kier alpha value is 0.380. The second-order valence-corrected chi connectivity index (χ2v) is 13.0. The van der Waals surface area contributed by atoms with Crippen LogP contribution < -0.4 is 0 Å². The molecule has 34 heavy (non-hydrogen) atoms. The monoisotopic (exact) mass is 526 g/mol. The first-order valence-corrected chi connectivity index (χ1v) is 16.5. The summed E-state index contributed by atoms with van der Waals surface area (Å²) in [6.07, 6.45) is 19.0. The summed E-state index contributed by atoms with van der Waals surface area (Å²) < 4.78 is 28.7. The maximum absolute atomic E-state index is 12.1. The van der Waals surface area contributed by atoms with E-state index in [-0.39, 0.29) is 19.3 Å². The summed E-state index contributed by atoms with van der Waals surface area (Å²) in [7, 11) is 1.99. The van der Waals surface area contributed by atoms with E-state index in [2.05, 4.69) is 6.92 Å². The predicted molar refractivity (Wildman–Crippen MR) is 148 cm³/mol. The molecule has 0 rings (SSSR count). The lowest BCUT2D eigenvalue weighted by molar-refractivity contribution is -0.870. The van der Waals surface area contributed by atoms with Gasteiger partial charge in [0, 0.05) is 12.4 Å². The van der Waals surface area contributed by atoms with Gasteiger partial charge in [-0.05, 0) is 19.1 Å². The molecule has 2 unspecified atom stereocenters. The molecule has 2 atom stereocenters. The summed E-state index contributed by atoms with van der Waals surface area (Å²) in [5, 5.41) is 0. The number of quaternary nitrogens is 1. The zero-order valence-corrected chi connectivity index (χ0v) is 24.8. The van der Waals surface area contributed by atoms with Crippen molar-refractivity contribution in [3.05, 3.63) is 0 Å². The van der Waals surface area contributed by atoms with Crippen molar-refractivity contribution in [2.75, 3.05) is 59.0 Å². The van der Waals surface area contributed by atoms with Gasteiger partial charge in [0.05, 0.1) is 33.9 Å². The quantitative estimate of drug-likeness (QED) is 0.0717. The summed E-state index contributed by atoms with van der Waals surface area (Å²) in [5.41, 5.74) is 0. The number of nitrogens with zero attached hydrogens (tertiary/aromatic N) is 1. The molecule has 8 heteroatoms. The van der Waals surface area contributed by atoms with E-state index in [1.165, 1.54) is 89.9 Å². The molecule has 0 radical (unpaired) electrons. The fourth-order valence-corrected chi connectivity index (χ4v) is 5.41. The van der Waals surface area contributed by atoms with E-state index in [4.69, 9.17) is 13.8 Å². The highest BCUT2D eigenvalue weighted by molar-refractivity contribution is 7.99. The Morgan fingerprint density at radius 1 is 0.794 bits per heavy atom. The Labute approximate surface area is 216 Å². The second kappa shape index (κ2) is 22.6. The minimum absolute atomic E-state index is 0.0811. The van der Waals surface area contributed by atoms with Crippen LogP contribution >= 0.6 is 19.6 Å². The number of likely N-dealkylation sites (N-methyl/N-ethyl adjacent to an activating group) is 1. The van der Waals surface area contributed by atoms with Gasteiger partial charge in [-0.2, -0.15) is 11.8 Å². The maximum atomic E-state index is 12.1. The normalized spacial score (nSPS) is 14.9. The van der Waals surface area contributed by atoms with Crippen molar-refractivity contribution < 1.29 is 27.7 Å². The smallest absolute Gasteiger partial charge is 0.375 e. The van der Waals surface area contributed by atoms with Crippen LogP contribution in [0.1, 0.15) is 104 Å². The molecular weight excluding hydrogens is 469 g/mol. The molecule has 0 aliphatic rings. The third-order valence-electron chi connectivity index (χ3n) is 5.79. The number of phosphoric acid groups is 1. The van der Waals surface area contributed by atoms with E-state index < -0.39 is 7.82 Å². The van der Waals surface area contributed by atoms with E-state index in [0.717, 1.165) is 11.5 Å². The van der Waals surface area contributed by atoms with Gasteiger partial charge in [0.1, 0.15) is 13.2 Å². The van der Waals surface area contributed by atoms with Crippen molar-refractivity contribution in [1.82, 2.24) is 0 Å². The van der Waals surface area contributed by atoms with Gasteiger partial charge in [0.15, 0.2) is 0 Å². The van der Waals surface area contributed by atoms with Gasteiger partial charge < -0.3 is 14.1 Å². The Bertz CT molecular complexity index is 490. The van der Waals surface area contributed by atoms with Crippen molar-refractivity contribution in [3.8, 4) is 0 Å². The van der Waals surface area contributed by atoms with Gasteiger partial charge in [0.25, 0.3) is 0 Å². The summed E-state index contributed by atoms with van der Waals surface area (Å²) in [6, 6.07) is 0. The molecular formula is C26H57NO5PS+.